The highest BCUT2D eigenvalue weighted by molar-refractivity contribution is 7.80. The van der Waals surface area contributed by atoms with Gasteiger partial charge in [0.1, 0.15) is 12.4 Å². The van der Waals surface area contributed by atoms with Crippen molar-refractivity contribution >= 4 is 29.0 Å². The first-order chi connectivity index (χ1) is 9.88. The molecule has 21 heavy (non-hydrogen) atoms. The van der Waals surface area contributed by atoms with Crippen molar-refractivity contribution < 1.29 is 9.90 Å². The van der Waals surface area contributed by atoms with Gasteiger partial charge in [-0.05, 0) is 38.2 Å². The normalized spacial score (nSPS) is 10.4. The third-order valence-corrected chi connectivity index (χ3v) is 3.24. The van der Waals surface area contributed by atoms with E-state index in [0.29, 0.717) is 5.82 Å². The number of hydrogen-bond acceptors (Lipinski definition) is 3. The van der Waals surface area contributed by atoms with E-state index in [2.05, 4.69) is 10.3 Å². The van der Waals surface area contributed by atoms with Crippen LogP contribution in [0, 0.1) is 13.8 Å². The molecule has 0 radical (unpaired) electrons. The maximum atomic E-state index is 11.0. The quantitative estimate of drug-likeness (QED) is 0.747. The van der Waals surface area contributed by atoms with Crippen molar-refractivity contribution in [3.8, 4) is 11.4 Å². The molecule has 0 unspecified atom stereocenters. The lowest BCUT2D eigenvalue weighted by Gasteiger charge is -2.09. The second-order valence-corrected chi connectivity index (χ2v) is 5.10. The first-order valence-electron chi connectivity index (χ1n) is 6.31. The van der Waals surface area contributed by atoms with Crippen LogP contribution in [0.3, 0.4) is 0 Å². The maximum Gasteiger partial charge on any atom is 0.323 e. The zero-order chi connectivity index (χ0) is 15.6. The Hall–Kier alpha value is -2.41. The first kappa shape index (κ1) is 15.0. The van der Waals surface area contributed by atoms with Crippen molar-refractivity contribution in [2.24, 2.45) is 5.73 Å². The zero-order valence-corrected chi connectivity index (χ0v) is 12.6. The molecular formula is C14H16N4O2S. The van der Waals surface area contributed by atoms with Crippen LogP contribution in [0.25, 0.3) is 11.4 Å². The SMILES string of the molecule is Cc1nc(-c2cccc(NC(N)=S)c2)n(CC(=O)O)c1C. The number of benzene rings is 1. The molecule has 1 heterocycles. The number of imidazole rings is 1. The fourth-order valence-corrected chi connectivity index (χ4v) is 2.20. The third-order valence-electron chi connectivity index (χ3n) is 3.14. The van der Waals surface area contributed by atoms with Gasteiger partial charge in [-0.2, -0.15) is 0 Å². The Labute approximate surface area is 127 Å². The standard InChI is InChI=1S/C14H16N4O2S/c1-8-9(2)18(7-12(19)20)13(16-8)10-4-3-5-11(6-10)17-14(15)21/h3-6H,7H2,1-2H3,(H,19,20)(H3,15,17,21). The molecule has 2 aromatic rings. The second kappa shape index (κ2) is 5.92. The molecule has 7 heteroatoms. The molecule has 0 atom stereocenters. The van der Waals surface area contributed by atoms with Crippen LogP contribution in [0.2, 0.25) is 0 Å². The summed E-state index contributed by atoms with van der Waals surface area (Å²) in [5.74, 6) is -0.298. The molecular weight excluding hydrogens is 288 g/mol. The number of carboxylic acids is 1. The molecule has 0 amide bonds. The number of rotatable bonds is 4. The van der Waals surface area contributed by atoms with Gasteiger partial charge in [0.2, 0.25) is 0 Å². The Kier molecular flexibility index (Phi) is 4.23. The van der Waals surface area contributed by atoms with E-state index in [1.165, 1.54) is 0 Å². The fraction of sp³-hybridized carbons (Fsp3) is 0.214. The summed E-state index contributed by atoms with van der Waals surface area (Å²) < 4.78 is 1.68. The summed E-state index contributed by atoms with van der Waals surface area (Å²) in [5.41, 5.74) is 8.63. The third kappa shape index (κ3) is 3.38. The largest absolute Gasteiger partial charge is 0.480 e. The van der Waals surface area contributed by atoms with Crippen molar-refractivity contribution in [2.75, 3.05) is 5.32 Å². The number of anilines is 1. The predicted molar refractivity (Wildman–Crippen MR) is 85.2 cm³/mol. The van der Waals surface area contributed by atoms with Crippen molar-refractivity contribution in [1.82, 2.24) is 9.55 Å². The Morgan fingerprint density at radius 1 is 1.48 bits per heavy atom. The lowest BCUT2D eigenvalue weighted by Crippen LogP contribution is -2.18. The molecule has 0 spiro atoms. The van der Waals surface area contributed by atoms with Crippen molar-refractivity contribution in [2.45, 2.75) is 20.4 Å². The minimum absolute atomic E-state index is 0.130. The second-order valence-electron chi connectivity index (χ2n) is 4.66. The van der Waals surface area contributed by atoms with E-state index in [1.807, 2.05) is 38.1 Å². The average Bonchev–Trinajstić information content (AvgIpc) is 2.66. The number of hydrogen-bond donors (Lipinski definition) is 3. The molecule has 0 aliphatic rings. The first-order valence-corrected chi connectivity index (χ1v) is 6.71. The zero-order valence-electron chi connectivity index (χ0n) is 11.8. The summed E-state index contributed by atoms with van der Waals surface area (Å²) in [6, 6.07) is 7.36. The van der Waals surface area contributed by atoms with Gasteiger partial charge in [0.25, 0.3) is 0 Å². The molecule has 2 rings (SSSR count). The molecule has 4 N–H and O–H groups in total. The van der Waals surface area contributed by atoms with Crippen molar-refractivity contribution in [3.05, 3.63) is 35.7 Å². The lowest BCUT2D eigenvalue weighted by molar-refractivity contribution is -0.137. The summed E-state index contributed by atoms with van der Waals surface area (Å²) in [6.45, 7) is 3.58. The van der Waals surface area contributed by atoms with Crippen LogP contribution >= 0.6 is 12.2 Å². The Bertz CT molecular complexity index is 709. The minimum atomic E-state index is -0.908. The predicted octanol–water partition coefficient (Wildman–Crippen LogP) is 1.91. The number of nitrogens with two attached hydrogens (primary N) is 1. The molecule has 110 valence electrons. The molecule has 1 aromatic carbocycles. The summed E-state index contributed by atoms with van der Waals surface area (Å²) in [5, 5.41) is 12.1. The van der Waals surface area contributed by atoms with Gasteiger partial charge in [-0.15, -0.1) is 0 Å². The number of aryl methyl sites for hydroxylation is 1. The fourth-order valence-electron chi connectivity index (χ4n) is 2.08. The van der Waals surface area contributed by atoms with Gasteiger partial charge < -0.3 is 20.7 Å². The topological polar surface area (TPSA) is 93.2 Å². The average molecular weight is 304 g/mol. The Morgan fingerprint density at radius 3 is 2.81 bits per heavy atom. The number of nitrogens with one attached hydrogen (secondary N) is 1. The number of aromatic nitrogens is 2. The number of nitrogens with zero attached hydrogens (tertiary/aromatic N) is 2. The monoisotopic (exact) mass is 304 g/mol. The number of carboxylic acid groups (broad SMARTS) is 1. The molecule has 0 fully saturated rings. The van der Waals surface area contributed by atoms with Crippen LogP contribution in [0.5, 0.6) is 0 Å². The lowest BCUT2D eigenvalue weighted by atomic mass is 10.2. The minimum Gasteiger partial charge on any atom is -0.480 e. The molecule has 0 saturated carbocycles. The van der Waals surface area contributed by atoms with Gasteiger partial charge in [0.15, 0.2) is 5.11 Å². The van der Waals surface area contributed by atoms with Gasteiger partial charge in [-0.1, -0.05) is 12.1 Å². The maximum absolute atomic E-state index is 11.0. The van der Waals surface area contributed by atoms with E-state index in [1.54, 1.807) is 4.57 Å². The van der Waals surface area contributed by atoms with E-state index in [0.717, 1.165) is 22.6 Å². The van der Waals surface area contributed by atoms with Gasteiger partial charge in [0, 0.05) is 16.9 Å². The number of thiocarbonyl (C=S) groups is 1. The highest BCUT2D eigenvalue weighted by Crippen LogP contribution is 2.24. The van der Waals surface area contributed by atoms with Crippen LogP contribution in [0.4, 0.5) is 5.69 Å². The molecule has 6 nitrogen and oxygen atoms in total. The van der Waals surface area contributed by atoms with Crippen LogP contribution in [0.1, 0.15) is 11.4 Å². The van der Waals surface area contributed by atoms with Crippen LogP contribution < -0.4 is 11.1 Å². The molecule has 0 bridgehead atoms. The molecule has 1 aromatic heterocycles. The van der Waals surface area contributed by atoms with E-state index >= 15 is 0 Å². The van der Waals surface area contributed by atoms with Crippen LogP contribution in [0.15, 0.2) is 24.3 Å². The Morgan fingerprint density at radius 2 is 2.19 bits per heavy atom. The molecule has 0 saturated heterocycles. The number of carbonyl (C=O) groups is 1. The molecule has 0 aliphatic heterocycles. The molecule has 0 aliphatic carbocycles. The van der Waals surface area contributed by atoms with Crippen molar-refractivity contribution in [3.63, 3.8) is 0 Å². The summed E-state index contributed by atoms with van der Waals surface area (Å²) in [7, 11) is 0. The smallest absolute Gasteiger partial charge is 0.323 e. The van der Waals surface area contributed by atoms with Gasteiger partial charge in [-0.3, -0.25) is 4.79 Å². The summed E-state index contributed by atoms with van der Waals surface area (Å²) in [4.78, 5) is 15.5. The van der Waals surface area contributed by atoms with E-state index in [9.17, 15) is 4.79 Å². The summed E-state index contributed by atoms with van der Waals surface area (Å²) >= 11 is 4.81. The van der Waals surface area contributed by atoms with E-state index in [4.69, 9.17) is 23.1 Å². The highest BCUT2D eigenvalue weighted by Gasteiger charge is 2.15. The van der Waals surface area contributed by atoms with Gasteiger partial charge >= 0.3 is 5.97 Å². The van der Waals surface area contributed by atoms with Gasteiger partial charge in [0.05, 0.1) is 5.69 Å². The number of aliphatic carboxylic acids is 1. The van der Waals surface area contributed by atoms with E-state index < -0.39 is 5.97 Å². The Balaban J connectivity index is 2.48. The highest BCUT2D eigenvalue weighted by atomic mass is 32.1. The van der Waals surface area contributed by atoms with Crippen LogP contribution in [-0.2, 0) is 11.3 Å². The van der Waals surface area contributed by atoms with Crippen molar-refractivity contribution in [1.29, 1.82) is 0 Å². The van der Waals surface area contributed by atoms with Gasteiger partial charge in [-0.25, -0.2) is 4.98 Å². The summed E-state index contributed by atoms with van der Waals surface area (Å²) in [6.07, 6.45) is 0. The van der Waals surface area contributed by atoms with E-state index in [-0.39, 0.29) is 11.7 Å². The van der Waals surface area contributed by atoms with Crippen LogP contribution in [-0.4, -0.2) is 25.7 Å².